The van der Waals surface area contributed by atoms with E-state index in [9.17, 15) is 9.59 Å². The SMILES string of the molecule is CCn1cc(Cl)cc1C(=O)N1CCOCC1CC(=O)O. The molecule has 2 rings (SSSR count). The molecule has 0 spiro atoms. The number of nitrogens with zero attached hydrogens (tertiary/aromatic N) is 2. The molecule has 20 heavy (non-hydrogen) atoms. The predicted octanol–water partition coefficient (Wildman–Crippen LogP) is 1.48. The van der Waals surface area contributed by atoms with Crippen LogP contribution < -0.4 is 0 Å². The average Bonchev–Trinajstić information content (AvgIpc) is 2.79. The van der Waals surface area contributed by atoms with Crippen LogP contribution in [-0.2, 0) is 16.1 Å². The Labute approximate surface area is 121 Å². The minimum atomic E-state index is -0.942. The lowest BCUT2D eigenvalue weighted by molar-refractivity contribution is -0.139. The van der Waals surface area contributed by atoms with Gasteiger partial charge in [0.15, 0.2) is 0 Å². The fourth-order valence-corrected chi connectivity index (χ4v) is 2.58. The van der Waals surface area contributed by atoms with Crippen LogP contribution >= 0.6 is 11.6 Å². The van der Waals surface area contributed by atoms with E-state index < -0.39 is 12.0 Å². The van der Waals surface area contributed by atoms with E-state index >= 15 is 0 Å². The van der Waals surface area contributed by atoms with Gasteiger partial charge in [-0.25, -0.2) is 0 Å². The largest absolute Gasteiger partial charge is 0.481 e. The number of halogens is 1. The number of aromatic nitrogens is 1. The van der Waals surface area contributed by atoms with E-state index in [1.807, 2.05) is 6.92 Å². The minimum Gasteiger partial charge on any atom is -0.481 e. The topological polar surface area (TPSA) is 71.8 Å². The van der Waals surface area contributed by atoms with Crippen molar-refractivity contribution in [3.63, 3.8) is 0 Å². The maximum Gasteiger partial charge on any atom is 0.305 e. The molecule has 0 aromatic carbocycles. The van der Waals surface area contributed by atoms with Crippen LogP contribution in [0.3, 0.4) is 0 Å². The van der Waals surface area contributed by atoms with Gasteiger partial charge in [0.05, 0.1) is 30.7 Å². The van der Waals surface area contributed by atoms with E-state index in [0.29, 0.717) is 30.4 Å². The molecule has 0 bridgehead atoms. The fourth-order valence-electron chi connectivity index (χ4n) is 2.36. The number of amides is 1. The number of aliphatic carboxylic acids is 1. The Balaban J connectivity index is 2.22. The van der Waals surface area contributed by atoms with Gasteiger partial charge < -0.3 is 19.3 Å². The molecule has 1 amide bonds. The molecule has 2 heterocycles. The Kier molecular flexibility index (Phi) is 4.67. The summed E-state index contributed by atoms with van der Waals surface area (Å²) in [4.78, 5) is 25.0. The molecule has 1 atom stereocenters. The highest BCUT2D eigenvalue weighted by molar-refractivity contribution is 6.31. The second-order valence-electron chi connectivity index (χ2n) is 4.65. The van der Waals surface area contributed by atoms with Gasteiger partial charge in [0.1, 0.15) is 5.69 Å². The molecule has 1 saturated heterocycles. The van der Waals surface area contributed by atoms with Crippen molar-refractivity contribution in [1.29, 1.82) is 0 Å². The zero-order valence-electron chi connectivity index (χ0n) is 11.2. The maximum absolute atomic E-state index is 12.6. The molecule has 1 N–H and O–H groups in total. The summed E-state index contributed by atoms with van der Waals surface area (Å²) in [6.07, 6.45) is 1.58. The van der Waals surface area contributed by atoms with Crippen LogP contribution in [-0.4, -0.2) is 52.3 Å². The summed E-state index contributed by atoms with van der Waals surface area (Å²) in [6.45, 7) is 3.60. The molecule has 1 aliphatic heterocycles. The predicted molar refractivity (Wildman–Crippen MR) is 73.0 cm³/mol. The van der Waals surface area contributed by atoms with E-state index in [2.05, 4.69) is 0 Å². The number of carboxylic acid groups (broad SMARTS) is 1. The van der Waals surface area contributed by atoms with Gasteiger partial charge in [0.25, 0.3) is 5.91 Å². The smallest absolute Gasteiger partial charge is 0.305 e. The van der Waals surface area contributed by atoms with E-state index in [-0.39, 0.29) is 18.9 Å². The Morgan fingerprint density at radius 3 is 2.95 bits per heavy atom. The van der Waals surface area contributed by atoms with Crippen LogP contribution in [0, 0.1) is 0 Å². The highest BCUT2D eigenvalue weighted by atomic mass is 35.5. The molecule has 1 aromatic heterocycles. The number of morpholine rings is 1. The van der Waals surface area contributed by atoms with Crippen molar-refractivity contribution < 1.29 is 19.4 Å². The zero-order valence-corrected chi connectivity index (χ0v) is 12.0. The van der Waals surface area contributed by atoms with Crippen molar-refractivity contribution in [3.05, 3.63) is 23.0 Å². The van der Waals surface area contributed by atoms with Crippen LogP contribution in [0.1, 0.15) is 23.8 Å². The Morgan fingerprint density at radius 2 is 2.30 bits per heavy atom. The molecule has 6 nitrogen and oxygen atoms in total. The lowest BCUT2D eigenvalue weighted by atomic mass is 10.1. The number of ether oxygens (including phenoxy) is 1. The molecule has 0 aliphatic carbocycles. The second kappa shape index (κ2) is 6.28. The summed E-state index contributed by atoms with van der Waals surface area (Å²) < 4.78 is 7.03. The molecule has 0 saturated carbocycles. The summed E-state index contributed by atoms with van der Waals surface area (Å²) in [5.74, 6) is -1.14. The third kappa shape index (κ3) is 3.13. The number of aryl methyl sites for hydroxylation is 1. The van der Waals surface area contributed by atoms with Gasteiger partial charge in [0.2, 0.25) is 0 Å². The molecule has 1 aliphatic rings. The summed E-state index contributed by atoms with van der Waals surface area (Å²) in [5, 5.41) is 9.42. The summed E-state index contributed by atoms with van der Waals surface area (Å²) >= 11 is 5.94. The van der Waals surface area contributed by atoms with Gasteiger partial charge in [0, 0.05) is 19.3 Å². The first kappa shape index (κ1) is 14.9. The molecule has 7 heteroatoms. The summed E-state index contributed by atoms with van der Waals surface area (Å²) in [7, 11) is 0. The average molecular weight is 301 g/mol. The van der Waals surface area contributed by atoms with Crippen molar-refractivity contribution in [2.45, 2.75) is 25.9 Å². The highest BCUT2D eigenvalue weighted by Gasteiger charge is 2.31. The van der Waals surface area contributed by atoms with E-state index in [4.69, 9.17) is 21.4 Å². The standard InChI is InChI=1S/C13H17ClN2O4/c1-2-15-7-9(14)5-11(15)13(19)16-3-4-20-8-10(16)6-12(17)18/h5,7,10H,2-4,6,8H2,1H3,(H,17,18). The van der Waals surface area contributed by atoms with Crippen LogP contribution in [0.5, 0.6) is 0 Å². The van der Waals surface area contributed by atoms with Crippen molar-refractivity contribution in [3.8, 4) is 0 Å². The summed E-state index contributed by atoms with van der Waals surface area (Å²) in [6, 6.07) is 1.17. The summed E-state index contributed by atoms with van der Waals surface area (Å²) in [5.41, 5.74) is 0.481. The molecule has 0 radical (unpaired) electrons. The van der Waals surface area contributed by atoms with Crippen molar-refractivity contribution in [1.82, 2.24) is 9.47 Å². The third-order valence-corrected chi connectivity index (χ3v) is 3.53. The van der Waals surface area contributed by atoms with Gasteiger partial charge in [-0.05, 0) is 13.0 Å². The Morgan fingerprint density at radius 1 is 1.55 bits per heavy atom. The van der Waals surface area contributed by atoms with Crippen LogP contribution in [0.2, 0.25) is 5.02 Å². The number of hydrogen-bond donors (Lipinski definition) is 1. The van der Waals surface area contributed by atoms with E-state index in [1.165, 1.54) is 0 Å². The first-order valence-corrected chi connectivity index (χ1v) is 6.87. The molecule has 110 valence electrons. The van der Waals surface area contributed by atoms with Gasteiger partial charge >= 0.3 is 5.97 Å². The molecular formula is C13H17ClN2O4. The number of carbonyl (C=O) groups is 2. The van der Waals surface area contributed by atoms with E-state index in [0.717, 1.165) is 0 Å². The highest BCUT2D eigenvalue weighted by Crippen LogP contribution is 2.19. The van der Waals surface area contributed by atoms with Gasteiger partial charge in [-0.1, -0.05) is 11.6 Å². The molecular weight excluding hydrogens is 284 g/mol. The third-order valence-electron chi connectivity index (χ3n) is 3.32. The maximum atomic E-state index is 12.6. The van der Waals surface area contributed by atoms with Crippen LogP contribution in [0.25, 0.3) is 0 Å². The fraction of sp³-hybridized carbons (Fsp3) is 0.538. The van der Waals surface area contributed by atoms with Crippen molar-refractivity contribution >= 4 is 23.5 Å². The molecule has 1 fully saturated rings. The van der Waals surface area contributed by atoms with Crippen LogP contribution in [0.4, 0.5) is 0 Å². The second-order valence-corrected chi connectivity index (χ2v) is 5.09. The minimum absolute atomic E-state index is 0.119. The first-order chi connectivity index (χ1) is 9.52. The molecule has 1 unspecified atom stereocenters. The lowest BCUT2D eigenvalue weighted by Crippen LogP contribution is -2.50. The number of carbonyl (C=O) groups excluding carboxylic acids is 1. The van der Waals surface area contributed by atoms with Gasteiger partial charge in [-0.2, -0.15) is 0 Å². The first-order valence-electron chi connectivity index (χ1n) is 6.49. The Bertz CT molecular complexity index is 514. The number of hydrogen-bond acceptors (Lipinski definition) is 3. The quantitative estimate of drug-likeness (QED) is 0.914. The van der Waals surface area contributed by atoms with Crippen molar-refractivity contribution in [2.24, 2.45) is 0 Å². The van der Waals surface area contributed by atoms with Crippen molar-refractivity contribution in [2.75, 3.05) is 19.8 Å². The van der Waals surface area contributed by atoms with Gasteiger partial charge in [-0.3, -0.25) is 9.59 Å². The zero-order chi connectivity index (χ0) is 14.7. The normalized spacial score (nSPS) is 19.1. The molecule has 1 aromatic rings. The number of rotatable bonds is 4. The Hall–Kier alpha value is -1.53. The van der Waals surface area contributed by atoms with E-state index in [1.54, 1.807) is 21.7 Å². The number of carboxylic acids is 1. The van der Waals surface area contributed by atoms with Crippen LogP contribution in [0.15, 0.2) is 12.3 Å². The monoisotopic (exact) mass is 300 g/mol. The van der Waals surface area contributed by atoms with Gasteiger partial charge in [-0.15, -0.1) is 0 Å². The lowest BCUT2D eigenvalue weighted by Gasteiger charge is -2.34.